The Morgan fingerprint density at radius 3 is 2.60 bits per heavy atom. The lowest BCUT2D eigenvalue weighted by Crippen LogP contribution is -2.26. The molecule has 0 bridgehead atoms. The number of sulfonamides is 1. The average molecular weight is 226 g/mol. The fourth-order valence-corrected chi connectivity index (χ4v) is 2.99. The summed E-state index contributed by atoms with van der Waals surface area (Å²) in [6.07, 6.45) is 1.88. The van der Waals surface area contributed by atoms with Crippen LogP contribution in [0.3, 0.4) is 0 Å². The Bertz CT molecular complexity index is 478. The summed E-state index contributed by atoms with van der Waals surface area (Å²) in [5.74, 6) is 0. The van der Waals surface area contributed by atoms with Crippen molar-refractivity contribution in [2.75, 3.05) is 5.73 Å². The highest BCUT2D eigenvalue weighted by atomic mass is 32.2. The lowest BCUT2D eigenvalue weighted by molar-refractivity contribution is 0.580. The molecule has 0 atom stereocenters. The normalized spacial score (nSPS) is 16.6. The minimum atomic E-state index is -3.35. The number of nitrogen functional groups attached to an aromatic ring is 1. The van der Waals surface area contributed by atoms with Crippen molar-refractivity contribution in [1.29, 1.82) is 0 Å². The number of benzene rings is 1. The summed E-state index contributed by atoms with van der Waals surface area (Å²) >= 11 is 0. The average Bonchev–Trinajstić information content (AvgIpc) is 2.86. The van der Waals surface area contributed by atoms with E-state index in [2.05, 4.69) is 4.72 Å². The van der Waals surface area contributed by atoms with Gasteiger partial charge in [0, 0.05) is 11.7 Å². The molecule has 0 unspecified atom stereocenters. The van der Waals surface area contributed by atoms with Gasteiger partial charge < -0.3 is 5.73 Å². The summed E-state index contributed by atoms with van der Waals surface area (Å²) in [6, 6.07) is 4.96. The number of nitrogens with one attached hydrogen (secondary N) is 1. The van der Waals surface area contributed by atoms with Crippen LogP contribution in [0.15, 0.2) is 23.1 Å². The van der Waals surface area contributed by atoms with Crippen molar-refractivity contribution in [3.8, 4) is 0 Å². The van der Waals surface area contributed by atoms with Crippen molar-refractivity contribution >= 4 is 15.7 Å². The van der Waals surface area contributed by atoms with E-state index in [0.29, 0.717) is 16.1 Å². The molecule has 0 saturated heterocycles. The van der Waals surface area contributed by atoms with Crippen LogP contribution < -0.4 is 10.5 Å². The van der Waals surface area contributed by atoms with Crippen molar-refractivity contribution in [3.63, 3.8) is 0 Å². The molecule has 0 aromatic heterocycles. The first kappa shape index (κ1) is 10.4. The first-order valence-corrected chi connectivity index (χ1v) is 6.36. The highest BCUT2D eigenvalue weighted by Gasteiger charge is 2.28. The van der Waals surface area contributed by atoms with E-state index in [4.69, 9.17) is 5.73 Å². The molecule has 1 saturated carbocycles. The number of hydrogen-bond acceptors (Lipinski definition) is 3. The molecule has 2 rings (SSSR count). The Morgan fingerprint density at radius 1 is 1.40 bits per heavy atom. The van der Waals surface area contributed by atoms with Crippen molar-refractivity contribution in [2.45, 2.75) is 30.7 Å². The largest absolute Gasteiger partial charge is 0.399 e. The fourth-order valence-electron chi connectivity index (χ4n) is 1.46. The topological polar surface area (TPSA) is 72.2 Å². The van der Waals surface area contributed by atoms with E-state index in [1.54, 1.807) is 25.1 Å². The molecule has 1 aromatic rings. The molecule has 1 aromatic carbocycles. The summed E-state index contributed by atoms with van der Waals surface area (Å²) in [4.78, 5) is 0.323. The third kappa shape index (κ3) is 2.30. The Morgan fingerprint density at radius 2 is 2.07 bits per heavy atom. The van der Waals surface area contributed by atoms with Gasteiger partial charge in [0.25, 0.3) is 0 Å². The predicted molar refractivity (Wildman–Crippen MR) is 58.9 cm³/mol. The molecule has 15 heavy (non-hydrogen) atoms. The van der Waals surface area contributed by atoms with Gasteiger partial charge >= 0.3 is 0 Å². The molecule has 1 aliphatic carbocycles. The van der Waals surface area contributed by atoms with Gasteiger partial charge in [-0.05, 0) is 43.5 Å². The zero-order chi connectivity index (χ0) is 11.1. The van der Waals surface area contributed by atoms with E-state index in [9.17, 15) is 8.42 Å². The Hall–Kier alpha value is -1.07. The van der Waals surface area contributed by atoms with E-state index in [1.165, 1.54) is 0 Å². The molecule has 0 amide bonds. The van der Waals surface area contributed by atoms with Crippen molar-refractivity contribution < 1.29 is 8.42 Å². The number of nitrogens with two attached hydrogens (primary N) is 1. The molecule has 0 aliphatic heterocycles. The van der Waals surface area contributed by atoms with Gasteiger partial charge in [-0.3, -0.25) is 0 Å². The van der Waals surface area contributed by atoms with Crippen LogP contribution in [0.5, 0.6) is 0 Å². The first-order chi connectivity index (χ1) is 6.99. The third-order valence-electron chi connectivity index (χ3n) is 2.39. The van der Waals surface area contributed by atoms with Gasteiger partial charge in [0.05, 0.1) is 4.90 Å². The highest BCUT2D eigenvalue weighted by Crippen LogP contribution is 2.24. The van der Waals surface area contributed by atoms with Gasteiger partial charge in [-0.1, -0.05) is 0 Å². The van der Waals surface area contributed by atoms with Gasteiger partial charge in [-0.15, -0.1) is 0 Å². The monoisotopic (exact) mass is 226 g/mol. The molecule has 0 heterocycles. The quantitative estimate of drug-likeness (QED) is 0.756. The molecule has 4 nitrogen and oxygen atoms in total. The number of aryl methyl sites for hydroxylation is 1. The van der Waals surface area contributed by atoms with Crippen LogP contribution >= 0.6 is 0 Å². The van der Waals surface area contributed by atoms with Gasteiger partial charge in [0.1, 0.15) is 0 Å². The van der Waals surface area contributed by atoms with Crippen LogP contribution in [0.25, 0.3) is 0 Å². The Labute approximate surface area is 89.5 Å². The standard InChI is InChI=1S/C10H14N2O2S/c1-7-6-8(11)2-5-10(7)15(13,14)12-9-3-4-9/h2,5-6,9,12H,3-4,11H2,1H3. The lowest BCUT2D eigenvalue weighted by Gasteiger charge is -2.08. The first-order valence-electron chi connectivity index (χ1n) is 4.87. The van der Waals surface area contributed by atoms with Crippen LogP contribution in [-0.2, 0) is 10.0 Å². The second-order valence-corrected chi connectivity index (χ2v) is 5.60. The Kier molecular flexibility index (Phi) is 2.44. The smallest absolute Gasteiger partial charge is 0.241 e. The molecule has 3 N–H and O–H groups in total. The van der Waals surface area contributed by atoms with Gasteiger partial charge in [0.2, 0.25) is 10.0 Å². The van der Waals surface area contributed by atoms with Crippen molar-refractivity contribution in [2.24, 2.45) is 0 Å². The van der Waals surface area contributed by atoms with Gasteiger partial charge in [0.15, 0.2) is 0 Å². The minimum absolute atomic E-state index is 0.131. The fraction of sp³-hybridized carbons (Fsp3) is 0.400. The summed E-state index contributed by atoms with van der Waals surface area (Å²) < 4.78 is 26.4. The van der Waals surface area contributed by atoms with E-state index >= 15 is 0 Å². The van der Waals surface area contributed by atoms with E-state index in [0.717, 1.165) is 12.8 Å². The summed E-state index contributed by atoms with van der Waals surface area (Å²) in [6.45, 7) is 1.75. The minimum Gasteiger partial charge on any atom is -0.399 e. The molecule has 1 fully saturated rings. The highest BCUT2D eigenvalue weighted by molar-refractivity contribution is 7.89. The second kappa shape index (κ2) is 3.50. The maximum Gasteiger partial charge on any atom is 0.241 e. The SMILES string of the molecule is Cc1cc(N)ccc1S(=O)(=O)NC1CC1. The molecular weight excluding hydrogens is 212 g/mol. The van der Waals surface area contributed by atoms with Crippen LogP contribution in [0.1, 0.15) is 18.4 Å². The molecular formula is C10H14N2O2S. The van der Waals surface area contributed by atoms with Crippen LogP contribution in [-0.4, -0.2) is 14.5 Å². The number of hydrogen-bond donors (Lipinski definition) is 2. The summed E-state index contributed by atoms with van der Waals surface area (Å²) in [5.41, 5.74) is 6.83. The maximum atomic E-state index is 11.9. The zero-order valence-electron chi connectivity index (χ0n) is 8.53. The predicted octanol–water partition coefficient (Wildman–Crippen LogP) is 1.02. The zero-order valence-corrected chi connectivity index (χ0v) is 9.34. The molecule has 0 radical (unpaired) electrons. The summed E-state index contributed by atoms with van der Waals surface area (Å²) in [7, 11) is -3.35. The maximum absolute atomic E-state index is 11.9. The third-order valence-corrected chi connectivity index (χ3v) is 4.07. The van der Waals surface area contributed by atoms with Gasteiger partial charge in [-0.2, -0.15) is 0 Å². The molecule has 0 spiro atoms. The molecule has 5 heteroatoms. The van der Waals surface area contributed by atoms with Gasteiger partial charge in [-0.25, -0.2) is 13.1 Å². The second-order valence-electron chi connectivity index (χ2n) is 3.92. The van der Waals surface area contributed by atoms with E-state index < -0.39 is 10.0 Å². The number of rotatable bonds is 3. The Balaban J connectivity index is 2.34. The number of anilines is 1. The van der Waals surface area contributed by atoms with E-state index in [1.807, 2.05) is 0 Å². The van der Waals surface area contributed by atoms with E-state index in [-0.39, 0.29) is 6.04 Å². The van der Waals surface area contributed by atoms with Crippen LogP contribution in [0, 0.1) is 6.92 Å². The lowest BCUT2D eigenvalue weighted by atomic mass is 10.2. The van der Waals surface area contributed by atoms with Crippen LogP contribution in [0.4, 0.5) is 5.69 Å². The van der Waals surface area contributed by atoms with Crippen LogP contribution in [0.2, 0.25) is 0 Å². The molecule has 1 aliphatic rings. The molecule has 82 valence electrons. The van der Waals surface area contributed by atoms with Crippen molar-refractivity contribution in [1.82, 2.24) is 4.72 Å². The van der Waals surface area contributed by atoms with Crippen molar-refractivity contribution in [3.05, 3.63) is 23.8 Å². The summed E-state index contributed by atoms with van der Waals surface area (Å²) in [5, 5.41) is 0.